The average molecular weight is 392 g/mol. The Kier molecular flexibility index (Phi) is 5.41. The highest BCUT2D eigenvalue weighted by molar-refractivity contribution is 5.95. The normalized spacial score (nSPS) is 16.6. The van der Waals surface area contributed by atoms with E-state index in [0.717, 1.165) is 36.3 Å². The van der Waals surface area contributed by atoms with Gasteiger partial charge in [0, 0.05) is 37.1 Å². The van der Waals surface area contributed by atoms with Crippen LogP contribution in [0.25, 0.3) is 11.3 Å². The molecule has 0 radical (unpaired) electrons. The number of amides is 2. The van der Waals surface area contributed by atoms with Gasteiger partial charge in [0.2, 0.25) is 0 Å². The predicted molar refractivity (Wildman–Crippen MR) is 108 cm³/mol. The molecular formula is C21H24N6O2. The molecule has 0 aliphatic carbocycles. The van der Waals surface area contributed by atoms with Gasteiger partial charge < -0.3 is 15.2 Å². The molecule has 3 heterocycles. The van der Waals surface area contributed by atoms with Crippen LogP contribution in [-0.4, -0.2) is 56.5 Å². The van der Waals surface area contributed by atoms with Gasteiger partial charge in [-0.1, -0.05) is 12.1 Å². The van der Waals surface area contributed by atoms with Crippen LogP contribution in [0, 0.1) is 12.8 Å². The lowest BCUT2D eigenvalue weighted by molar-refractivity contribution is 0.0670. The van der Waals surface area contributed by atoms with Crippen LogP contribution in [0.1, 0.15) is 39.4 Å². The lowest BCUT2D eigenvalue weighted by atomic mass is 9.97. The van der Waals surface area contributed by atoms with Crippen LogP contribution < -0.4 is 5.32 Å². The van der Waals surface area contributed by atoms with E-state index in [-0.39, 0.29) is 17.7 Å². The van der Waals surface area contributed by atoms with Crippen LogP contribution >= 0.6 is 0 Å². The molecular weight excluding hydrogens is 368 g/mol. The summed E-state index contributed by atoms with van der Waals surface area (Å²) >= 11 is 0. The number of hydrogen-bond donors (Lipinski definition) is 3. The minimum atomic E-state index is -0.179. The first-order valence-electron chi connectivity index (χ1n) is 9.79. The van der Waals surface area contributed by atoms with Gasteiger partial charge in [0.1, 0.15) is 5.69 Å². The third kappa shape index (κ3) is 4.21. The summed E-state index contributed by atoms with van der Waals surface area (Å²) in [7, 11) is 0. The molecule has 3 N–H and O–H groups in total. The Hall–Kier alpha value is -3.42. The minimum Gasteiger partial charge on any atom is -0.350 e. The molecule has 150 valence electrons. The molecule has 1 aliphatic rings. The smallest absolute Gasteiger partial charge is 0.271 e. The number of aromatic nitrogens is 4. The first-order valence-corrected chi connectivity index (χ1v) is 9.79. The Morgan fingerprint density at radius 3 is 2.76 bits per heavy atom. The molecule has 2 aromatic heterocycles. The van der Waals surface area contributed by atoms with Gasteiger partial charge in [-0.25, -0.2) is 4.98 Å². The Morgan fingerprint density at radius 1 is 1.24 bits per heavy atom. The van der Waals surface area contributed by atoms with Crippen molar-refractivity contribution in [1.82, 2.24) is 30.4 Å². The van der Waals surface area contributed by atoms with Gasteiger partial charge in [-0.15, -0.1) is 0 Å². The van der Waals surface area contributed by atoms with Crippen molar-refractivity contribution < 1.29 is 9.59 Å². The summed E-state index contributed by atoms with van der Waals surface area (Å²) < 4.78 is 0. The highest BCUT2D eigenvalue weighted by Crippen LogP contribution is 2.21. The van der Waals surface area contributed by atoms with Crippen molar-refractivity contribution in [2.45, 2.75) is 19.8 Å². The van der Waals surface area contributed by atoms with Crippen LogP contribution in [0.2, 0.25) is 0 Å². The van der Waals surface area contributed by atoms with Crippen molar-refractivity contribution in [3.8, 4) is 11.3 Å². The Balaban J connectivity index is 1.34. The van der Waals surface area contributed by atoms with E-state index in [1.54, 1.807) is 6.20 Å². The molecule has 8 nitrogen and oxygen atoms in total. The molecule has 1 unspecified atom stereocenters. The van der Waals surface area contributed by atoms with Gasteiger partial charge in [-0.2, -0.15) is 5.10 Å². The van der Waals surface area contributed by atoms with Crippen molar-refractivity contribution in [2.75, 3.05) is 19.6 Å². The summed E-state index contributed by atoms with van der Waals surface area (Å²) in [6.07, 6.45) is 5.14. The molecule has 8 heteroatoms. The first kappa shape index (κ1) is 18.9. The monoisotopic (exact) mass is 392 g/mol. The molecule has 0 spiro atoms. The standard InChI is InChI=1S/C21H24N6O2/c1-14-19(24-13-23-14)20(28)22-11-15-3-2-10-27(12-15)21(29)17-6-4-16(5-7-17)18-8-9-25-26-18/h4-9,13,15H,2-3,10-12H2,1H3,(H,22,28)(H,23,24)(H,25,26). The van der Waals surface area contributed by atoms with Gasteiger partial charge in [0.25, 0.3) is 11.8 Å². The maximum absolute atomic E-state index is 12.9. The van der Waals surface area contributed by atoms with E-state index >= 15 is 0 Å². The number of imidazole rings is 1. The summed E-state index contributed by atoms with van der Waals surface area (Å²) in [6.45, 7) is 3.74. The largest absolute Gasteiger partial charge is 0.350 e. The zero-order valence-electron chi connectivity index (χ0n) is 16.3. The average Bonchev–Trinajstić information content (AvgIpc) is 3.44. The number of carbonyl (C=O) groups is 2. The quantitative estimate of drug-likeness (QED) is 0.620. The fraction of sp³-hybridized carbons (Fsp3) is 0.333. The Bertz CT molecular complexity index is 977. The van der Waals surface area contributed by atoms with Crippen LogP contribution in [-0.2, 0) is 0 Å². The van der Waals surface area contributed by atoms with Gasteiger partial charge in [-0.3, -0.25) is 14.7 Å². The number of aromatic amines is 2. The van der Waals surface area contributed by atoms with Crippen LogP contribution in [0.5, 0.6) is 0 Å². The van der Waals surface area contributed by atoms with E-state index in [1.807, 2.05) is 42.2 Å². The second-order valence-electron chi connectivity index (χ2n) is 7.39. The van der Waals surface area contributed by atoms with E-state index in [9.17, 15) is 9.59 Å². The third-order valence-corrected chi connectivity index (χ3v) is 5.35. The molecule has 29 heavy (non-hydrogen) atoms. The van der Waals surface area contributed by atoms with Gasteiger partial charge in [0.15, 0.2) is 0 Å². The van der Waals surface area contributed by atoms with Crippen molar-refractivity contribution in [1.29, 1.82) is 0 Å². The molecule has 1 aliphatic heterocycles. The topological polar surface area (TPSA) is 107 Å². The number of nitrogens with one attached hydrogen (secondary N) is 3. The molecule has 2 amide bonds. The number of carbonyl (C=O) groups excluding carboxylic acids is 2. The number of piperidine rings is 1. The van der Waals surface area contributed by atoms with E-state index in [4.69, 9.17) is 0 Å². The highest BCUT2D eigenvalue weighted by Gasteiger charge is 2.25. The second kappa shape index (κ2) is 8.30. The highest BCUT2D eigenvalue weighted by atomic mass is 16.2. The minimum absolute atomic E-state index is 0.0281. The number of likely N-dealkylation sites (tertiary alicyclic amines) is 1. The predicted octanol–water partition coefficient (Wildman–Crippen LogP) is 2.39. The third-order valence-electron chi connectivity index (χ3n) is 5.35. The van der Waals surface area contributed by atoms with Gasteiger partial charge >= 0.3 is 0 Å². The summed E-state index contributed by atoms with van der Waals surface area (Å²) in [6, 6.07) is 9.45. The number of hydrogen-bond acceptors (Lipinski definition) is 4. The number of aryl methyl sites for hydroxylation is 1. The van der Waals surface area contributed by atoms with Crippen LogP contribution in [0.15, 0.2) is 42.9 Å². The van der Waals surface area contributed by atoms with E-state index in [2.05, 4.69) is 25.5 Å². The zero-order valence-corrected chi connectivity index (χ0v) is 16.3. The molecule has 3 aromatic rings. The Morgan fingerprint density at radius 2 is 2.07 bits per heavy atom. The van der Waals surface area contributed by atoms with E-state index in [0.29, 0.717) is 24.3 Å². The number of nitrogens with zero attached hydrogens (tertiary/aromatic N) is 3. The SMILES string of the molecule is Cc1[nH]cnc1C(=O)NCC1CCCN(C(=O)c2ccc(-c3ccn[nH]3)cc2)C1. The van der Waals surface area contributed by atoms with Crippen LogP contribution in [0.3, 0.4) is 0 Å². The van der Waals surface area contributed by atoms with Gasteiger partial charge in [0.05, 0.1) is 12.0 Å². The maximum Gasteiger partial charge on any atom is 0.271 e. The number of benzene rings is 1. The fourth-order valence-electron chi connectivity index (χ4n) is 3.72. The second-order valence-corrected chi connectivity index (χ2v) is 7.39. The van der Waals surface area contributed by atoms with Crippen molar-refractivity contribution in [3.63, 3.8) is 0 Å². The number of H-pyrrole nitrogens is 2. The fourth-order valence-corrected chi connectivity index (χ4v) is 3.72. The molecule has 1 atom stereocenters. The van der Waals surface area contributed by atoms with E-state index < -0.39 is 0 Å². The first-order chi connectivity index (χ1) is 14.1. The molecule has 1 fully saturated rings. The molecule has 4 rings (SSSR count). The summed E-state index contributed by atoms with van der Waals surface area (Å²) in [5.74, 6) is 0.0853. The van der Waals surface area contributed by atoms with Gasteiger partial charge in [-0.05, 0) is 49.4 Å². The molecule has 0 saturated carbocycles. The maximum atomic E-state index is 12.9. The lowest BCUT2D eigenvalue weighted by Gasteiger charge is -2.33. The van der Waals surface area contributed by atoms with Crippen molar-refractivity contribution in [2.24, 2.45) is 5.92 Å². The lowest BCUT2D eigenvalue weighted by Crippen LogP contribution is -2.43. The molecule has 1 aromatic carbocycles. The van der Waals surface area contributed by atoms with E-state index in [1.165, 1.54) is 6.33 Å². The molecule has 0 bridgehead atoms. The zero-order chi connectivity index (χ0) is 20.2. The van der Waals surface area contributed by atoms with Crippen molar-refractivity contribution >= 4 is 11.8 Å². The Labute approximate surface area is 168 Å². The summed E-state index contributed by atoms with van der Waals surface area (Å²) in [5, 5.41) is 9.82. The molecule has 1 saturated heterocycles. The summed E-state index contributed by atoms with van der Waals surface area (Å²) in [4.78, 5) is 34.0. The van der Waals surface area contributed by atoms with Crippen LogP contribution in [0.4, 0.5) is 0 Å². The van der Waals surface area contributed by atoms with Crippen molar-refractivity contribution in [3.05, 3.63) is 59.8 Å². The summed E-state index contributed by atoms with van der Waals surface area (Å²) in [5.41, 5.74) is 3.76. The number of rotatable bonds is 5.